The zero-order chi connectivity index (χ0) is 23.0. The van der Waals surface area contributed by atoms with E-state index in [0.29, 0.717) is 0 Å². The molecule has 1 saturated heterocycles. The molecule has 3 aromatic rings. The maximum Gasteiger partial charge on any atom is 0.335 e. The highest BCUT2D eigenvalue weighted by atomic mass is 16.4. The lowest BCUT2D eigenvalue weighted by molar-refractivity contribution is -0.122. The highest BCUT2D eigenvalue weighted by molar-refractivity contribution is 6.24. The second-order valence-corrected chi connectivity index (χ2v) is 8.66. The van der Waals surface area contributed by atoms with Crippen molar-refractivity contribution in [3.8, 4) is 0 Å². The average molecular weight is 439 g/mol. The predicted molar refractivity (Wildman–Crippen MR) is 116 cm³/mol. The number of imide groups is 1. The zero-order valence-electron chi connectivity index (χ0n) is 17.1. The maximum absolute atomic E-state index is 13.7. The quantitative estimate of drug-likeness (QED) is 0.605. The Balaban J connectivity index is 1.54. The Morgan fingerprint density at radius 2 is 1.00 bits per heavy atom. The van der Waals surface area contributed by atoms with Gasteiger partial charge in [0.15, 0.2) is 0 Å². The molecule has 2 atom stereocenters. The van der Waals surface area contributed by atoms with E-state index >= 15 is 0 Å². The van der Waals surface area contributed by atoms with Crippen molar-refractivity contribution in [3.63, 3.8) is 0 Å². The number of nitrogens with zero attached hydrogens (tertiary/aromatic N) is 1. The summed E-state index contributed by atoms with van der Waals surface area (Å²) >= 11 is 0. The Bertz CT molecular complexity index is 1260. The Hall–Kier alpha value is -4.26. The number of carboxylic acids is 2. The fraction of sp³-hybridized carbons (Fsp3) is 0.154. The monoisotopic (exact) mass is 439 g/mol. The van der Waals surface area contributed by atoms with Gasteiger partial charge in [0, 0.05) is 11.8 Å². The number of rotatable bonds is 3. The highest BCUT2D eigenvalue weighted by Crippen LogP contribution is 2.61. The minimum absolute atomic E-state index is 0.0239. The molecule has 162 valence electrons. The van der Waals surface area contributed by atoms with Gasteiger partial charge in [-0.1, -0.05) is 48.5 Å². The van der Waals surface area contributed by atoms with Gasteiger partial charge in [0.2, 0.25) is 11.8 Å². The molecule has 4 aliphatic rings. The summed E-state index contributed by atoms with van der Waals surface area (Å²) < 4.78 is 0. The Morgan fingerprint density at radius 1 is 0.636 bits per heavy atom. The molecule has 7 rings (SSSR count). The van der Waals surface area contributed by atoms with Crippen molar-refractivity contribution in [2.75, 3.05) is 4.90 Å². The van der Waals surface area contributed by atoms with Crippen molar-refractivity contribution < 1.29 is 29.4 Å². The number of carbonyl (C=O) groups excluding carboxylic acids is 2. The molecule has 0 spiro atoms. The fourth-order valence-corrected chi connectivity index (χ4v) is 5.92. The standard InChI is InChI=1S/C26H17NO6/c28-23-21-19-15-5-1-2-6-16(15)20(18-8-4-3-7-17(18)19)22(21)24(29)27(23)14-10-12(25(30)31)9-13(11-14)26(32)33/h1-11,19-22H,(H,30,31)(H,32,33)/t19?,20?,21-,22+. The SMILES string of the molecule is O=C(O)c1cc(C(=O)O)cc(N2C(=O)[C@@H]3C4c5ccccc5C(c5ccccc54)[C@@H]3C2=O)c1. The van der Waals surface area contributed by atoms with E-state index in [4.69, 9.17) is 0 Å². The van der Waals surface area contributed by atoms with Gasteiger partial charge in [-0.3, -0.25) is 9.59 Å². The number of hydrogen-bond donors (Lipinski definition) is 2. The molecule has 0 radical (unpaired) electrons. The van der Waals surface area contributed by atoms with Crippen molar-refractivity contribution in [1.29, 1.82) is 0 Å². The van der Waals surface area contributed by atoms with E-state index in [-0.39, 0.29) is 28.7 Å². The van der Waals surface area contributed by atoms with Gasteiger partial charge in [-0.2, -0.15) is 0 Å². The van der Waals surface area contributed by atoms with Gasteiger partial charge < -0.3 is 10.2 Å². The van der Waals surface area contributed by atoms with Crippen LogP contribution in [-0.2, 0) is 9.59 Å². The minimum Gasteiger partial charge on any atom is -0.478 e. The molecular weight excluding hydrogens is 422 g/mol. The Kier molecular flexibility index (Phi) is 3.90. The Morgan fingerprint density at radius 3 is 1.33 bits per heavy atom. The van der Waals surface area contributed by atoms with Crippen LogP contribution in [0.1, 0.15) is 54.8 Å². The van der Waals surface area contributed by atoms with Crippen LogP contribution in [-0.4, -0.2) is 34.0 Å². The normalized spacial score (nSPS) is 24.3. The molecule has 1 fully saturated rings. The molecule has 33 heavy (non-hydrogen) atoms. The number of benzene rings is 3. The topological polar surface area (TPSA) is 112 Å². The zero-order valence-corrected chi connectivity index (χ0v) is 17.1. The second kappa shape index (κ2) is 6.62. The van der Waals surface area contributed by atoms with E-state index in [1.54, 1.807) is 0 Å². The van der Waals surface area contributed by atoms with Crippen molar-refractivity contribution in [3.05, 3.63) is 100 Å². The molecule has 0 aromatic heterocycles. The lowest BCUT2D eigenvalue weighted by Gasteiger charge is -2.45. The molecule has 3 aromatic carbocycles. The average Bonchev–Trinajstić information content (AvgIpc) is 3.09. The van der Waals surface area contributed by atoms with Gasteiger partial charge in [0.1, 0.15) is 0 Å². The van der Waals surface area contributed by atoms with Crippen molar-refractivity contribution in [2.24, 2.45) is 11.8 Å². The number of hydrogen-bond acceptors (Lipinski definition) is 4. The van der Waals surface area contributed by atoms with Crippen LogP contribution in [0, 0.1) is 11.8 Å². The summed E-state index contributed by atoms with van der Waals surface area (Å²) in [6.07, 6.45) is 0. The van der Waals surface area contributed by atoms with Gasteiger partial charge in [0.05, 0.1) is 28.7 Å². The highest BCUT2D eigenvalue weighted by Gasteiger charge is 2.61. The lowest BCUT2D eigenvalue weighted by Crippen LogP contribution is -2.41. The number of aromatic carboxylic acids is 2. The van der Waals surface area contributed by atoms with Crippen LogP contribution in [0.2, 0.25) is 0 Å². The van der Waals surface area contributed by atoms with Gasteiger partial charge >= 0.3 is 11.9 Å². The molecule has 2 N–H and O–H groups in total. The van der Waals surface area contributed by atoms with Gasteiger partial charge in [-0.15, -0.1) is 0 Å². The van der Waals surface area contributed by atoms with Crippen LogP contribution < -0.4 is 4.90 Å². The smallest absolute Gasteiger partial charge is 0.335 e. The van der Waals surface area contributed by atoms with E-state index in [2.05, 4.69) is 0 Å². The summed E-state index contributed by atoms with van der Waals surface area (Å²) in [6.45, 7) is 0. The van der Waals surface area contributed by atoms with Gasteiger partial charge in [-0.25, -0.2) is 14.5 Å². The van der Waals surface area contributed by atoms with Crippen LogP contribution in [0.15, 0.2) is 66.7 Å². The van der Waals surface area contributed by atoms with Crippen molar-refractivity contribution in [1.82, 2.24) is 0 Å². The summed E-state index contributed by atoms with van der Waals surface area (Å²) in [6, 6.07) is 19.0. The molecule has 1 aliphatic heterocycles. The van der Waals surface area contributed by atoms with Crippen molar-refractivity contribution in [2.45, 2.75) is 11.8 Å². The summed E-state index contributed by atoms with van der Waals surface area (Å²) in [5.74, 6) is -5.38. The van der Waals surface area contributed by atoms with Crippen LogP contribution in [0.25, 0.3) is 0 Å². The molecule has 1 heterocycles. The molecular formula is C26H17NO6. The third-order valence-corrected chi connectivity index (χ3v) is 7.12. The number of anilines is 1. The Labute approximate surface area is 187 Å². The van der Waals surface area contributed by atoms with Crippen LogP contribution in [0.4, 0.5) is 5.69 Å². The first-order valence-corrected chi connectivity index (χ1v) is 10.6. The van der Waals surface area contributed by atoms with E-state index in [0.717, 1.165) is 33.2 Å². The minimum atomic E-state index is -1.34. The summed E-state index contributed by atoms with van der Waals surface area (Å²) in [5.41, 5.74) is 3.48. The third kappa shape index (κ3) is 2.50. The molecule has 3 aliphatic carbocycles. The van der Waals surface area contributed by atoms with Gasteiger partial charge in [0.25, 0.3) is 0 Å². The molecule has 0 unspecified atom stereocenters. The summed E-state index contributed by atoms with van der Waals surface area (Å²) in [5, 5.41) is 18.9. The first kappa shape index (κ1) is 19.4. The summed E-state index contributed by atoms with van der Waals surface area (Å²) in [7, 11) is 0. The lowest BCUT2D eigenvalue weighted by atomic mass is 9.55. The third-order valence-electron chi connectivity index (χ3n) is 7.12. The second-order valence-electron chi connectivity index (χ2n) is 8.66. The van der Waals surface area contributed by atoms with E-state index in [9.17, 15) is 29.4 Å². The molecule has 0 saturated carbocycles. The van der Waals surface area contributed by atoms with Gasteiger partial charge in [-0.05, 0) is 40.5 Å². The van der Waals surface area contributed by atoms with Crippen molar-refractivity contribution >= 4 is 29.4 Å². The van der Waals surface area contributed by atoms with Crippen LogP contribution in [0.5, 0.6) is 0 Å². The first-order valence-electron chi connectivity index (χ1n) is 10.6. The van der Waals surface area contributed by atoms with E-state index < -0.39 is 35.6 Å². The maximum atomic E-state index is 13.7. The molecule has 7 nitrogen and oxygen atoms in total. The molecule has 2 amide bonds. The van der Waals surface area contributed by atoms with E-state index in [1.807, 2.05) is 48.5 Å². The fourth-order valence-electron chi connectivity index (χ4n) is 5.92. The van der Waals surface area contributed by atoms with Crippen LogP contribution >= 0.6 is 0 Å². The van der Waals surface area contributed by atoms with E-state index in [1.165, 1.54) is 12.1 Å². The summed E-state index contributed by atoms with van der Waals surface area (Å²) in [4.78, 5) is 51.6. The number of carbonyl (C=O) groups is 4. The largest absolute Gasteiger partial charge is 0.478 e. The number of carboxylic acid groups (broad SMARTS) is 2. The first-order chi connectivity index (χ1) is 15.9. The molecule has 7 heteroatoms. The van der Waals surface area contributed by atoms with Crippen LogP contribution in [0.3, 0.4) is 0 Å². The number of amides is 2. The predicted octanol–water partition coefficient (Wildman–Crippen LogP) is 3.48. The molecule has 2 bridgehead atoms.